The van der Waals surface area contributed by atoms with Crippen molar-refractivity contribution >= 4 is 29.2 Å². The second-order valence-corrected chi connectivity index (χ2v) is 9.14. The lowest BCUT2D eigenvalue weighted by molar-refractivity contribution is -0.116. The number of allylic oxidation sites excluding steroid dienone is 3. The lowest BCUT2D eigenvalue weighted by Crippen LogP contribution is -2.46. The number of urea groups is 1. The number of Topliss-reactive ketones (excluding diaryl/α,β-unsaturated/α-hetero) is 1. The van der Waals surface area contributed by atoms with E-state index in [1.807, 2.05) is 25.2 Å². The molecule has 196 valence electrons. The number of anilines is 2. The normalized spacial score (nSPS) is 14.8. The minimum Gasteiger partial charge on any atom is -0.339 e. The fourth-order valence-electron chi connectivity index (χ4n) is 4.65. The molecule has 3 heterocycles. The van der Waals surface area contributed by atoms with Crippen LogP contribution in [0.4, 0.5) is 16.3 Å². The molecule has 2 aromatic rings. The maximum atomic E-state index is 13.6. The molecule has 2 aromatic heterocycles. The second kappa shape index (κ2) is 10.4. The standard InChI is InChI=1S/C25H33N9O3/c1-4-12-30(3)25(37)31-14-19-22(20(36)15-31)24(33(27)18-8-6-5-7-9-18)23(34(19)28)17-10-11-29-21(13-17)32(26)16(2)35/h6,8-11,13H,4-5,7,12,14-15,26-28H2,1-3H3. The smallest absolute Gasteiger partial charge is 0.320 e. The lowest BCUT2D eigenvalue weighted by Gasteiger charge is -2.31. The average molecular weight is 508 g/mol. The van der Waals surface area contributed by atoms with Crippen LogP contribution in [0.25, 0.3) is 11.3 Å². The molecule has 3 amide bonds. The molecule has 0 radical (unpaired) electrons. The molecule has 1 aliphatic heterocycles. The van der Waals surface area contributed by atoms with Crippen molar-refractivity contribution in [2.75, 3.05) is 36.0 Å². The third-order valence-corrected chi connectivity index (χ3v) is 6.49. The summed E-state index contributed by atoms with van der Waals surface area (Å²) in [6, 6.07) is 3.06. The molecule has 1 aliphatic carbocycles. The number of aromatic nitrogens is 2. The Labute approximate surface area is 215 Å². The van der Waals surface area contributed by atoms with Gasteiger partial charge in [-0.25, -0.2) is 26.5 Å². The summed E-state index contributed by atoms with van der Waals surface area (Å²) in [5, 5.41) is 2.38. The highest BCUT2D eigenvalue weighted by molar-refractivity contribution is 6.09. The summed E-state index contributed by atoms with van der Waals surface area (Å²) in [6.45, 7) is 3.91. The first-order valence-electron chi connectivity index (χ1n) is 12.1. The van der Waals surface area contributed by atoms with Crippen molar-refractivity contribution in [3.05, 3.63) is 53.5 Å². The van der Waals surface area contributed by atoms with E-state index in [0.717, 1.165) is 24.3 Å². The van der Waals surface area contributed by atoms with Crippen LogP contribution < -0.4 is 27.5 Å². The second-order valence-electron chi connectivity index (χ2n) is 9.14. The topological polar surface area (TPSA) is 160 Å². The summed E-state index contributed by atoms with van der Waals surface area (Å²) < 4.78 is 1.39. The molecule has 12 nitrogen and oxygen atoms in total. The van der Waals surface area contributed by atoms with E-state index in [9.17, 15) is 14.4 Å². The average Bonchev–Trinajstić information content (AvgIpc) is 3.20. The molecule has 0 spiro atoms. The number of pyridine rings is 1. The van der Waals surface area contributed by atoms with E-state index in [-0.39, 0.29) is 30.7 Å². The summed E-state index contributed by atoms with van der Waals surface area (Å²) in [5.74, 6) is 18.7. The zero-order chi connectivity index (χ0) is 26.9. The van der Waals surface area contributed by atoms with Crippen molar-refractivity contribution < 1.29 is 14.4 Å². The third kappa shape index (κ3) is 4.80. The highest BCUT2D eigenvalue weighted by atomic mass is 16.2. The van der Waals surface area contributed by atoms with Crippen LogP contribution in [0.3, 0.4) is 0 Å². The molecule has 37 heavy (non-hydrogen) atoms. The fraction of sp³-hybridized carbons (Fsp3) is 0.360. The van der Waals surface area contributed by atoms with Gasteiger partial charge >= 0.3 is 6.03 Å². The van der Waals surface area contributed by atoms with E-state index in [1.165, 1.54) is 27.7 Å². The van der Waals surface area contributed by atoms with Crippen LogP contribution in [0.2, 0.25) is 0 Å². The Morgan fingerprint density at radius 3 is 2.59 bits per heavy atom. The van der Waals surface area contributed by atoms with Gasteiger partial charge < -0.3 is 15.6 Å². The maximum Gasteiger partial charge on any atom is 0.320 e. The van der Waals surface area contributed by atoms with E-state index in [4.69, 9.17) is 17.5 Å². The number of rotatable bonds is 6. The first kappa shape index (κ1) is 25.9. The van der Waals surface area contributed by atoms with Gasteiger partial charge in [0.15, 0.2) is 5.78 Å². The number of fused-ring (bicyclic) bond motifs is 1. The van der Waals surface area contributed by atoms with E-state index < -0.39 is 5.91 Å². The molecule has 0 saturated heterocycles. The Balaban J connectivity index is 1.88. The maximum absolute atomic E-state index is 13.6. The van der Waals surface area contributed by atoms with Gasteiger partial charge in [-0.05, 0) is 37.5 Å². The highest BCUT2D eigenvalue weighted by Gasteiger charge is 2.37. The molecule has 2 aliphatic rings. The summed E-state index contributed by atoms with van der Waals surface area (Å²) >= 11 is 0. The van der Waals surface area contributed by atoms with Gasteiger partial charge in [0.25, 0.3) is 0 Å². The van der Waals surface area contributed by atoms with Gasteiger partial charge in [-0.2, -0.15) is 0 Å². The van der Waals surface area contributed by atoms with Gasteiger partial charge in [-0.3, -0.25) is 19.3 Å². The van der Waals surface area contributed by atoms with Gasteiger partial charge in [0.1, 0.15) is 5.82 Å². The first-order chi connectivity index (χ1) is 17.6. The molecule has 0 fully saturated rings. The highest BCUT2D eigenvalue weighted by Crippen LogP contribution is 2.41. The SMILES string of the molecule is CCCN(C)C(=O)N1CC(=O)c2c(N(N)C3=CCCC=C3)c(-c3ccnc(N(N)C(C)=O)c3)n(N)c2C1. The van der Waals surface area contributed by atoms with E-state index in [0.29, 0.717) is 40.4 Å². The van der Waals surface area contributed by atoms with Crippen molar-refractivity contribution in [3.63, 3.8) is 0 Å². The van der Waals surface area contributed by atoms with E-state index in [1.54, 1.807) is 24.1 Å². The first-order valence-corrected chi connectivity index (χ1v) is 12.1. The predicted octanol–water partition coefficient (Wildman–Crippen LogP) is 1.86. The molecule has 6 N–H and O–H groups in total. The van der Waals surface area contributed by atoms with Crippen LogP contribution in [-0.4, -0.2) is 57.3 Å². The zero-order valence-electron chi connectivity index (χ0n) is 21.3. The van der Waals surface area contributed by atoms with Gasteiger partial charge in [0, 0.05) is 32.3 Å². The largest absolute Gasteiger partial charge is 0.339 e. The van der Waals surface area contributed by atoms with Crippen LogP contribution in [0.5, 0.6) is 0 Å². The van der Waals surface area contributed by atoms with Gasteiger partial charge in [0.2, 0.25) is 5.91 Å². The molecule has 12 heteroatoms. The van der Waals surface area contributed by atoms with Crippen molar-refractivity contribution in [3.8, 4) is 11.3 Å². The fourth-order valence-corrected chi connectivity index (χ4v) is 4.65. The lowest BCUT2D eigenvalue weighted by atomic mass is 10.0. The number of amides is 3. The molecule has 0 aromatic carbocycles. The van der Waals surface area contributed by atoms with Crippen LogP contribution in [0.15, 0.2) is 42.3 Å². The Bertz CT molecular complexity index is 1300. The van der Waals surface area contributed by atoms with Crippen molar-refractivity contribution in [2.24, 2.45) is 11.7 Å². The van der Waals surface area contributed by atoms with Crippen molar-refractivity contribution in [1.82, 2.24) is 19.5 Å². The summed E-state index contributed by atoms with van der Waals surface area (Å²) in [5.41, 5.74) is 2.95. The molecule has 0 bridgehead atoms. The summed E-state index contributed by atoms with van der Waals surface area (Å²) in [7, 11) is 1.71. The Hall–Kier alpha value is -4.16. The third-order valence-electron chi connectivity index (χ3n) is 6.49. The van der Waals surface area contributed by atoms with E-state index >= 15 is 0 Å². The molecule has 4 rings (SSSR count). The van der Waals surface area contributed by atoms with Crippen LogP contribution in [0, 0.1) is 0 Å². The molecule has 0 atom stereocenters. The predicted molar refractivity (Wildman–Crippen MR) is 141 cm³/mol. The number of ketones is 1. The van der Waals surface area contributed by atoms with Crippen LogP contribution >= 0.6 is 0 Å². The summed E-state index contributed by atoms with van der Waals surface area (Å²) in [4.78, 5) is 45.7. The Kier molecular flexibility index (Phi) is 7.32. The number of hydrazine groups is 2. The van der Waals surface area contributed by atoms with Gasteiger partial charge in [0.05, 0.1) is 41.4 Å². The van der Waals surface area contributed by atoms with Crippen molar-refractivity contribution in [2.45, 2.75) is 39.7 Å². The van der Waals surface area contributed by atoms with Gasteiger partial charge in [-0.15, -0.1) is 0 Å². The Morgan fingerprint density at radius 2 is 1.95 bits per heavy atom. The summed E-state index contributed by atoms with van der Waals surface area (Å²) in [6.07, 6.45) is 9.89. The number of hydrogen-bond donors (Lipinski definition) is 3. The number of hydrogen-bond acceptors (Lipinski definition) is 8. The quantitative estimate of drug-likeness (QED) is 0.303. The molecular weight excluding hydrogens is 474 g/mol. The minimum atomic E-state index is -0.397. The van der Waals surface area contributed by atoms with E-state index in [2.05, 4.69) is 4.98 Å². The Morgan fingerprint density at radius 1 is 1.19 bits per heavy atom. The number of nitrogen functional groups attached to an aromatic ring is 1. The van der Waals surface area contributed by atoms with Crippen molar-refractivity contribution in [1.29, 1.82) is 0 Å². The molecular formula is C25H33N9O3. The number of carbonyl (C=O) groups excluding carboxylic acids is 3. The number of nitrogens with two attached hydrogens (primary N) is 3. The molecule has 0 saturated carbocycles. The van der Waals surface area contributed by atoms with Gasteiger partial charge in [-0.1, -0.05) is 19.1 Å². The monoisotopic (exact) mass is 507 g/mol. The zero-order valence-corrected chi connectivity index (χ0v) is 21.3. The number of nitrogens with zero attached hydrogens (tertiary/aromatic N) is 6. The number of carbonyl (C=O) groups is 3. The van der Waals surface area contributed by atoms with Crippen LogP contribution in [0.1, 0.15) is 49.2 Å². The minimum absolute atomic E-state index is 0.0957. The van der Waals surface area contributed by atoms with Crippen LogP contribution in [-0.2, 0) is 11.3 Å². The molecule has 0 unspecified atom stereocenters.